The molecule has 0 fully saturated rings. The quantitative estimate of drug-likeness (QED) is 0.198. The summed E-state index contributed by atoms with van der Waals surface area (Å²) < 4.78 is 9.02. The fourth-order valence-electron chi connectivity index (χ4n) is 4.49. The third kappa shape index (κ3) is 7.25. The zero-order chi connectivity index (χ0) is 30.7. The van der Waals surface area contributed by atoms with Gasteiger partial charge in [-0.15, -0.1) is 0 Å². The minimum Gasteiger partial charge on any atom is -0.478 e. The van der Waals surface area contributed by atoms with Crippen LogP contribution in [0.4, 0.5) is 4.79 Å². The van der Waals surface area contributed by atoms with Crippen molar-refractivity contribution < 1.29 is 19.4 Å². The van der Waals surface area contributed by atoms with Crippen LogP contribution in [-0.4, -0.2) is 36.9 Å². The predicted octanol–water partition coefficient (Wildman–Crippen LogP) is 9.03. The summed E-state index contributed by atoms with van der Waals surface area (Å²) in [6.07, 6.45) is 7.04. The van der Waals surface area contributed by atoms with E-state index < -0.39 is 17.7 Å². The van der Waals surface area contributed by atoms with Crippen LogP contribution in [0.2, 0.25) is 10.0 Å². The van der Waals surface area contributed by atoms with Gasteiger partial charge in [-0.25, -0.2) is 14.6 Å². The normalized spacial score (nSPS) is 11.7. The van der Waals surface area contributed by atoms with Crippen LogP contribution in [-0.2, 0) is 11.3 Å². The van der Waals surface area contributed by atoms with Crippen LogP contribution < -0.4 is 0 Å². The van der Waals surface area contributed by atoms with Crippen LogP contribution in [0.1, 0.15) is 48.1 Å². The van der Waals surface area contributed by atoms with Crippen LogP contribution in [0.3, 0.4) is 0 Å². The van der Waals surface area contributed by atoms with Gasteiger partial charge in [-0.2, -0.15) is 0 Å². The van der Waals surface area contributed by atoms with Gasteiger partial charge < -0.3 is 14.4 Å². The lowest BCUT2D eigenvalue weighted by Gasteiger charge is -2.20. The van der Waals surface area contributed by atoms with E-state index in [0.717, 1.165) is 27.9 Å². The van der Waals surface area contributed by atoms with Crippen molar-refractivity contribution in [2.75, 3.05) is 0 Å². The molecule has 2 heterocycles. The number of ether oxygens (including phenoxy) is 1. The Hall–Kier alpha value is -4.59. The van der Waals surface area contributed by atoms with Gasteiger partial charge in [0.15, 0.2) is 0 Å². The summed E-state index contributed by atoms with van der Waals surface area (Å²) in [6.45, 7) is 5.98. The van der Waals surface area contributed by atoms with Gasteiger partial charge >= 0.3 is 12.1 Å². The molecule has 1 N–H and O–H groups in total. The number of nitrogens with zero attached hydrogens (tertiary/aromatic N) is 3. The molecule has 0 spiro atoms. The van der Waals surface area contributed by atoms with Crippen molar-refractivity contribution in [3.05, 3.63) is 124 Å². The molecular formula is C34H29Cl2N3O4. The third-order valence-electron chi connectivity index (χ3n) is 6.54. The second-order valence-electron chi connectivity index (χ2n) is 10.9. The summed E-state index contributed by atoms with van der Waals surface area (Å²) in [5, 5.41) is 10.3. The first-order valence-corrected chi connectivity index (χ1v) is 14.3. The molecule has 218 valence electrons. The van der Waals surface area contributed by atoms with E-state index in [2.05, 4.69) is 0 Å². The first kappa shape index (κ1) is 29.9. The minimum atomic E-state index is -0.971. The van der Waals surface area contributed by atoms with E-state index in [-0.39, 0.29) is 5.56 Å². The number of halogens is 2. The Morgan fingerprint density at radius 1 is 0.953 bits per heavy atom. The number of benzene rings is 3. The molecule has 0 aliphatic rings. The first-order valence-electron chi connectivity index (χ1n) is 13.5. The Labute approximate surface area is 259 Å². The van der Waals surface area contributed by atoms with Gasteiger partial charge in [0.2, 0.25) is 0 Å². The van der Waals surface area contributed by atoms with Crippen LogP contribution >= 0.6 is 23.2 Å². The van der Waals surface area contributed by atoms with Crippen molar-refractivity contribution in [1.29, 1.82) is 0 Å². The summed E-state index contributed by atoms with van der Waals surface area (Å²) >= 11 is 12.6. The lowest BCUT2D eigenvalue weighted by atomic mass is 10.1. The molecule has 0 atom stereocenters. The molecule has 7 nitrogen and oxygen atoms in total. The number of rotatable bonds is 7. The van der Waals surface area contributed by atoms with Crippen molar-refractivity contribution >= 4 is 47.4 Å². The number of hydrogen-bond acceptors (Lipinski definition) is 4. The Balaban J connectivity index is 1.42. The minimum absolute atomic E-state index is 0.227. The van der Waals surface area contributed by atoms with E-state index >= 15 is 0 Å². The monoisotopic (exact) mass is 613 g/mol. The van der Waals surface area contributed by atoms with Gasteiger partial charge in [-0.3, -0.25) is 4.57 Å². The number of carbonyl (C=O) groups excluding carboxylic acids is 1. The van der Waals surface area contributed by atoms with Crippen molar-refractivity contribution in [2.45, 2.75) is 32.9 Å². The van der Waals surface area contributed by atoms with E-state index in [9.17, 15) is 14.7 Å². The summed E-state index contributed by atoms with van der Waals surface area (Å²) in [7, 11) is 0. The average molecular weight is 615 g/mol. The standard InChI is InChI=1S/C34H29Cl2N3O4/c1-34(2,3)43-33(42)39-18-4-5-30(39)24-11-6-22(7-12-24)10-17-31-37-29(27-16-15-26(35)19-28(27)36)21-38(31)20-23-8-13-25(14-9-23)32(40)41/h4-19,21H,20H2,1-3H3,(H,40,41). The van der Waals surface area contributed by atoms with Crippen LogP contribution in [0.25, 0.3) is 34.7 Å². The third-order valence-corrected chi connectivity index (χ3v) is 7.09. The van der Waals surface area contributed by atoms with E-state index in [0.29, 0.717) is 28.1 Å². The molecule has 5 rings (SSSR count). The van der Waals surface area contributed by atoms with E-state index in [1.54, 1.807) is 42.6 Å². The fourth-order valence-corrected chi connectivity index (χ4v) is 4.99. The van der Waals surface area contributed by atoms with Gasteiger partial charge in [0, 0.05) is 29.5 Å². The highest BCUT2D eigenvalue weighted by Gasteiger charge is 2.20. The molecule has 43 heavy (non-hydrogen) atoms. The number of carbonyl (C=O) groups is 2. The molecule has 3 aromatic carbocycles. The molecule has 0 saturated carbocycles. The smallest absolute Gasteiger partial charge is 0.418 e. The summed E-state index contributed by atoms with van der Waals surface area (Å²) in [5.41, 5.74) is 4.52. The number of imidazole rings is 1. The Bertz CT molecular complexity index is 1810. The topological polar surface area (TPSA) is 86.4 Å². The van der Waals surface area contributed by atoms with Crippen molar-refractivity contribution in [3.8, 4) is 22.5 Å². The highest BCUT2D eigenvalue weighted by atomic mass is 35.5. The average Bonchev–Trinajstić information content (AvgIpc) is 3.59. The molecule has 0 aliphatic heterocycles. The zero-order valence-electron chi connectivity index (χ0n) is 23.8. The fraction of sp³-hybridized carbons (Fsp3) is 0.147. The summed E-state index contributed by atoms with van der Waals surface area (Å²) in [5.74, 6) is -0.285. The molecule has 5 aromatic rings. The maximum Gasteiger partial charge on any atom is 0.418 e. The van der Waals surface area contributed by atoms with Gasteiger partial charge in [-0.1, -0.05) is 65.7 Å². The van der Waals surface area contributed by atoms with Crippen LogP contribution in [0.15, 0.2) is 91.3 Å². The highest BCUT2D eigenvalue weighted by molar-refractivity contribution is 6.36. The van der Waals surface area contributed by atoms with Crippen molar-refractivity contribution in [3.63, 3.8) is 0 Å². The number of carboxylic acids is 1. The maximum atomic E-state index is 12.7. The van der Waals surface area contributed by atoms with Gasteiger partial charge in [0.25, 0.3) is 0 Å². The molecule has 0 amide bonds. The number of hydrogen-bond donors (Lipinski definition) is 1. The highest BCUT2D eigenvalue weighted by Crippen LogP contribution is 2.31. The first-order chi connectivity index (χ1) is 20.5. The van der Waals surface area contributed by atoms with E-state index in [1.807, 2.05) is 86.2 Å². The molecular weight excluding hydrogens is 585 g/mol. The molecule has 0 saturated heterocycles. The molecule has 9 heteroatoms. The summed E-state index contributed by atoms with van der Waals surface area (Å²) in [4.78, 5) is 28.8. The second-order valence-corrected chi connectivity index (χ2v) is 11.8. The van der Waals surface area contributed by atoms with Gasteiger partial charge in [-0.05, 0) is 86.0 Å². The Morgan fingerprint density at radius 2 is 1.67 bits per heavy atom. The lowest BCUT2D eigenvalue weighted by molar-refractivity contribution is 0.0539. The van der Waals surface area contributed by atoms with Crippen LogP contribution in [0, 0.1) is 0 Å². The Kier molecular flexibility index (Phi) is 8.57. The number of carboxylic acid groups (broad SMARTS) is 1. The maximum absolute atomic E-state index is 12.7. The largest absolute Gasteiger partial charge is 0.478 e. The van der Waals surface area contributed by atoms with Crippen molar-refractivity contribution in [1.82, 2.24) is 14.1 Å². The lowest BCUT2D eigenvalue weighted by Crippen LogP contribution is -2.27. The molecule has 2 aromatic heterocycles. The Morgan fingerprint density at radius 3 is 2.33 bits per heavy atom. The molecule has 0 radical (unpaired) electrons. The van der Waals surface area contributed by atoms with Crippen LogP contribution in [0.5, 0.6) is 0 Å². The second kappa shape index (κ2) is 12.3. The number of aromatic nitrogens is 3. The zero-order valence-corrected chi connectivity index (χ0v) is 25.3. The van der Waals surface area contributed by atoms with Crippen molar-refractivity contribution in [2.24, 2.45) is 0 Å². The summed E-state index contributed by atoms with van der Waals surface area (Å²) in [6, 6.07) is 23.5. The van der Waals surface area contributed by atoms with Gasteiger partial charge in [0.1, 0.15) is 11.4 Å². The van der Waals surface area contributed by atoms with E-state index in [4.69, 9.17) is 32.9 Å². The molecule has 0 aliphatic carbocycles. The van der Waals surface area contributed by atoms with Gasteiger partial charge in [0.05, 0.1) is 22.0 Å². The number of aromatic carboxylic acids is 1. The SMILES string of the molecule is CC(C)(C)OC(=O)n1cccc1-c1ccc(C=Cc2nc(-c3ccc(Cl)cc3Cl)cn2Cc2ccc(C(=O)O)cc2)cc1. The van der Waals surface area contributed by atoms with E-state index in [1.165, 1.54) is 4.57 Å². The molecule has 0 unspecified atom stereocenters. The predicted molar refractivity (Wildman–Crippen MR) is 171 cm³/mol. The molecule has 0 bridgehead atoms.